The van der Waals surface area contributed by atoms with Gasteiger partial charge in [-0.3, -0.25) is 4.79 Å². The summed E-state index contributed by atoms with van der Waals surface area (Å²) < 4.78 is 78.5. The van der Waals surface area contributed by atoms with Crippen LogP contribution in [-0.2, 0) is 0 Å². The molecule has 0 saturated heterocycles. The molecule has 1 heterocycles. The van der Waals surface area contributed by atoms with Gasteiger partial charge in [-0.05, 0) is 36.4 Å². The summed E-state index contributed by atoms with van der Waals surface area (Å²) in [5.41, 5.74) is -0.843. The monoisotopic (exact) mass is 468 g/mol. The van der Waals surface area contributed by atoms with Gasteiger partial charge in [0.15, 0.2) is 28.9 Å². The van der Waals surface area contributed by atoms with Crippen molar-refractivity contribution in [2.24, 2.45) is 0 Å². The van der Waals surface area contributed by atoms with E-state index in [1.807, 2.05) is 0 Å². The fourth-order valence-corrected chi connectivity index (χ4v) is 3.17. The lowest BCUT2D eigenvalue weighted by Gasteiger charge is -2.07. The minimum atomic E-state index is -2.29. The van der Waals surface area contributed by atoms with Gasteiger partial charge in [0.1, 0.15) is 16.8 Å². The Bertz CT molecular complexity index is 1360. The first-order chi connectivity index (χ1) is 15.2. The van der Waals surface area contributed by atoms with Gasteiger partial charge >= 0.3 is 0 Å². The van der Waals surface area contributed by atoms with E-state index in [4.69, 9.17) is 20.8 Å². The maximum absolute atomic E-state index is 14.0. The minimum absolute atomic E-state index is 0.00516. The van der Waals surface area contributed by atoms with Gasteiger partial charge in [-0.25, -0.2) is 26.9 Å². The van der Waals surface area contributed by atoms with Crippen LogP contribution >= 0.6 is 11.6 Å². The number of carbonyl (C=O) groups excluding carboxylic acids is 1. The number of hydrogen-bond donors (Lipinski definition) is 1. The quantitative estimate of drug-likeness (QED) is 0.223. The number of hydrogen-bond acceptors (Lipinski definition) is 4. The van der Waals surface area contributed by atoms with Crippen LogP contribution in [0.2, 0.25) is 5.02 Å². The van der Waals surface area contributed by atoms with Crippen molar-refractivity contribution in [1.29, 1.82) is 0 Å². The Hall–Kier alpha value is -3.66. The molecule has 164 valence electrons. The summed E-state index contributed by atoms with van der Waals surface area (Å²) in [4.78, 5) is 16.3. The molecule has 0 unspecified atom stereocenters. The number of rotatable bonds is 4. The zero-order valence-corrected chi connectivity index (χ0v) is 16.7. The number of aromatic nitrogens is 1. The zero-order chi connectivity index (χ0) is 23.2. The average molecular weight is 469 g/mol. The summed E-state index contributed by atoms with van der Waals surface area (Å²) >= 11 is 6.01. The van der Waals surface area contributed by atoms with Crippen LogP contribution in [0.1, 0.15) is 10.4 Å². The van der Waals surface area contributed by atoms with Crippen molar-refractivity contribution in [3.8, 4) is 17.2 Å². The third kappa shape index (κ3) is 3.62. The third-order valence-corrected chi connectivity index (χ3v) is 4.78. The van der Waals surface area contributed by atoms with E-state index in [-0.39, 0.29) is 27.4 Å². The Kier molecular flexibility index (Phi) is 5.47. The van der Waals surface area contributed by atoms with Gasteiger partial charge in [-0.15, -0.1) is 0 Å². The van der Waals surface area contributed by atoms with Crippen molar-refractivity contribution >= 4 is 34.3 Å². The highest BCUT2D eigenvalue weighted by Crippen LogP contribution is 2.33. The van der Waals surface area contributed by atoms with Gasteiger partial charge in [-0.1, -0.05) is 11.6 Å². The van der Waals surface area contributed by atoms with E-state index in [0.717, 1.165) is 0 Å². The predicted octanol–water partition coefficient (Wildman–Crippen LogP) is 6.10. The molecule has 11 heteroatoms. The van der Waals surface area contributed by atoms with E-state index >= 15 is 0 Å². The first kappa shape index (κ1) is 21.6. The highest BCUT2D eigenvalue weighted by molar-refractivity contribution is 6.32. The molecule has 3 aromatic carbocycles. The van der Waals surface area contributed by atoms with Crippen molar-refractivity contribution < 1.29 is 35.9 Å². The lowest BCUT2D eigenvalue weighted by Crippen LogP contribution is -2.11. The number of amides is 1. The largest absolute Gasteiger partial charge is 0.495 e. The van der Waals surface area contributed by atoms with E-state index < -0.39 is 46.4 Å². The van der Waals surface area contributed by atoms with Crippen LogP contribution in [-0.4, -0.2) is 18.0 Å². The second-order valence-electron chi connectivity index (χ2n) is 6.45. The SMILES string of the molecule is COc1ccc(C(=O)Nc2ccc3oc(-c4c(F)c(F)c(F)c(F)c4F)nc3c2)cc1Cl. The predicted molar refractivity (Wildman–Crippen MR) is 105 cm³/mol. The highest BCUT2D eigenvalue weighted by Gasteiger charge is 2.29. The van der Waals surface area contributed by atoms with Gasteiger partial charge in [0, 0.05) is 11.3 Å². The fourth-order valence-electron chi connectivity index (χ4n) is 2.92. The maximum Gasteiger partial charge on any atom is 0.255 e. The van der Waals surface area contributed by atoms with Crippen LogP contribution < -0.4 is 10.1 Å². The van der Waals surface area contributed by atoms with Gasteiger partial charge < -0.3 is 14.5 Å². The number of methoxy groups -OCH3 is 1. The number of carbonyl (C=O) groups is 1. The molecule has 0 aliphatic rings. The molecule has 0 spiro atoms. The number of nitrogens with one attached hydrogen (secondary N) is 1. The standard InChI is InChI=1S/C21H10ClF5N2O3/c1-31-12-4-2-8(6-10(12)22)20(30)28-9-3-5-13-11(7-9)29-21(32-13)14-15(23)17(25)19(27)18(26)16(14)24/h2-7H,1H3,(H,28,30). The smallest absolute Gasteiger partial charge is 0.255 e. The molecule has 4 aromatic rings. The second-order valence-corrected chi connectivity index (χ2v) is 6.86. The van der Waals surface area contributed by atoms with Crippen molar-refractivity contribution in [1.82, 2.24) is 4.98 Å². The van der Waals surface area contributed by atoms with Crippen LogP contribution in [0.3, 0.4) is 0 Å². The Morgan fingerprint density at radius 3 is 2.25 bits per heavy atom. The molecule has 0 radical (unpaired) electrons. The molecule has 4 rings (SSSR count). The van der Waals surface area contributed by atoms with Crippen LogP contribution in [0, 0.1) is 29.1 Å². The highest BCUT2D eigenvalue weighted by atomic mass is 35.5. The normalized spacial score (nSPS) is 11.1. The molecule has 1 amide bonds. The van der Waals surface area contributed by atoms with E-state index in [1.165, 1.54) is 43.5 Å². The molecule has 0 fully saturated rings. The number of ether oxygens (including phenoxy) is 1. The lowest BCUT2D eigenvalue weighted by atomic mass is 10.1. The van der Waals surface area contributed by atoms with Crippen molar-refractivity contribution in [3.05, 3.63) is 76.1 Å². The number of fused-ring (bicyclic) bond motifs is 1. The molecule has 1 N–H and O–H groups in total. The molecular formula is C21H10ClF5N2O3. The molecule has 0 aliphatic heterocycles. The Balaban J connectivity index is 1.67. The first-order valence-corrected chi connectivity index (χ1v) is 9.16. The van der Waals surface area contributed by atoms with E-state index in [9.17, 15) is 26.7 Å². The molecule has 0 atom stereocenters. The topological polar surface area (TPSA) is 64.4 Å². The Labute approximate surface area is 181 Å². The molecule has 1 aromatic heterocycles. The van der Waals surface area contributed by atoms with Gasteiger partial charge in [-0.2, -0.15) is 0 Å². The van der Waals surface area contributed by atoms with Crippen molar-refractivity contribution in [2.45, 2.75) is 0 Å². The van der Waals surface area contributed by atoms with Crippen LogP contribution in [0.25, 0.3) is 22.6 Å². The molecular weight excluding hydrogens is 459 g/mol. The summed E-state index contributed by atoms with van der Waals surface area (Å²) in [7, 11) is 1.43. The third-order valence-electron chi connectivity index (χ3n) is 4.48. The van der Waals surface area contributed by atoms with E-state index in [2.05, 4.69) is 10.3 Å². The number of nitrogens with zero attached hydrogens (tertiary/aromatic N) is 1. The molecule has 5 nitrogen and oxygen atoms in total. The Morgan fingerprint density at radius 2 is 1.62 bits per heavy atom. The van der Waals surface area contributed by atoms with Gasteiger partial charge in [0.2, 0.25) is 11.7 Å². The molecule has 0 bridgehead atoms. The van der Waals surface area contributed by atoms with Crippen LogP contribution in [0.4, 0.5) is 27.6 Å². The van der Waals surface area contributed by atoms with Crippen molar-refractivity contribution in [3.63, 3.8) is 0 Å². The fraction of sp³-hybridized carbons (Fsp3) is 0.0476. The average Bonchev–Trinajstić information content (AvgIpc) is 3.19. The number of halogens is 6. The van der Waals surface area contributed by atoms with Crippen molar-refractivity contribution in [2.75, 3.05) is 12.4 Å². The minimum Gasteiger partial charge on any atom is -0.495 e. The first-order valence-electron chi connectivity index (χ1n) is 8.78. The van der Waals surface area contributed by atoms with Crippen LogP contribution in [0.5, 0.6) is 5.75 Å². The number of anilines is 1. The maximum atomic E-state index is 14.0. The number of oxazole rings is 1. The summed E-state index contributed by atoms with van der Waals surface area (Å²) in [6, 6.07) is 8.40. The Morgan fingerprint density at radius 1 is 0.969 bits per heavy atom. The van der Waals surface area contributed by atoms with Gasteiger partial charge in [0.05, 0.1) is 12.1 Å². The summed E-state index contributed by atoms with van der Waals surface area (Å²) in [6.45, 7) is 0. The lowest BCUT2D eigenvalue weighted by molar-refractivity contribution is 0.102. The van der Waals surface area contributed by atoms with Crippen LogP contribution in [0.15, 0.2) is 40.8 Å². The zero-order valence-electron chi connectivity index (χ0n) is 15.9. The second kappa shape index (κ2) is 8.12. The van der Waals surface area contributed by atoms with Gasteiger partial charge in [0.25, 0.3) is 5.91 Å². The number of benzene rings is 3. The summed E-state index contributed by atoms with van der Waals surface area (Å²) in [5, 5.41) is 2.80. The molecule has 0 saturated carbocycles. The van der Waals surface area contributed by atoms with E-state index in [0.29, 0.717) is 5.75 Å². The summed E-state index contributed by atoms with van der Waals surface area (Å²) in [6.07, 6.45) is 0. The molecule has 32 heavy (non-hydrogen) atoms. The molecule has 0 aliphatic carbocycles. The summed E-state index contributed by atoms with van der Waals surface area (Å²) in [5.74, 6) is -11.6. The van der Waals surface area contributed by atoms with E-state index in [1.54, 1.807) is 0 Å².